The average molecular weight is 259 g/mol. The molecular formula is C10H10FNO4S. The van der Waals surface area contributed by atoms with Gasteiger partial charge in [-0.2, -0.15) is 0 Å². The number of alkyl carbamates (subject to hydrolysis) is 1. The Morgan fingerprint density at radius 3 is 2.71 bits per heavy atom. The smallest absolute Gasteiger partial charge is 0.407 e. The van der Waals surface area contributed by atoms with Crippen molar-refractivity contribution >= 4 is 15.9 Å². The second kappa shape index (κ2) is 4.33. The largest absolute Gasteiger partial charge is 0.443 e. The number of benzene rings is 1. The average Bonchev–Trinajstić information content (AvgIpc) is 2.63. The summed E-state index contributed by atoms with van der Waals surface area (Å²) in [6, 6.07) is 5.11. The maximum Gasteiger partial charge on any atom is 0.407 e. The Bertz CT molecular complexity index is 543. The zero-order valence-corrected chi connectivity index (χ0v) is 9.54. The maximum atomic E-state index is 13.3. The summed E-state index contributed by atoms with van der Waals surface area (Å²) in [6.07, 6.45) is -1.43. The SMILES string of the molecule is O=C1NCC(CS(=O)(=O)c2ccccc2F)O1. The Morgan fingerprint density at radius 1 is 1.41 bits per heavy atom. The van der Waals surface area contributed by atoms with Crippen LogP contribution >= 0.6 is 0 Å². The lowest BCUT2D eigenvalue weighted by Gasteiger charge is -2.09. The predicted molar refractivity (Wildman–Crippen MR) is 56.7 cm³/mol. The Balaban J connectivity index is 2.20. The van der Waals surface area contributed by atoms with Gasteiger partial charge in [-0.3, -0.25) is 0 Å². The summed E-state index contributed by atoms with van der Waals surface area (Å²) in [5.41, 5.74) is 0. The van der Waals surface area contributed by atoms with E-state index in [1.165, 1.54) is 18.2 Å². The fourth-order valence-electron chi connectivity index (χ4n) is 1.56. The number of halogens is 1. The number of carbonyl (C=O) groups excluding carboxylic acids is 1. The summed E-state index contributed by atoms with van der Waals surface area (Å²) in [5, 5.41) is 2.34. The van der Waals surface area contributed by atoms with Crippen LogP contribution in [-0.4, -0.2) is 32.9 Å². The number of hydrogen-bond donors (Lipinski definition) is 1. The van der Waals surface area contributed by atoms with Gasteiger partial charge in [0.25, 0.3) is 0 Å². The van der Waals surface area contributed by atoms with Crippen LogP contribution in [-0.2, 0) is 14.6 Å². The van der Waals surface area contributed by atoms with E-state index in [1.54, 1.807) is 0 Å². The van der Waals surface area contributed by atoms with Crippen molar-refractivity contribution in [3.8, 4) is 0 Å². The summed E-state index contributed by atoms with van der Waals surface area (Å²) in [4.78, 5) is 10.4. The Morgan fingerprint density at radius 2 is 2.12 bits per heavy atom. The number of ether oxygens (including phenoxy) is 1. The van der Waals surface area contributed by atoms with Crippen LogP contribution < -0.4 is 5.32 Å². The predicted octanol–water partition coefficient (Wildman–Crippen LogP) is 0.708. The highest BCUT2D eigenvalue weighted by molar-refractivity contribution is 7.91. The molecular weight excluding hydrogens is 249 g/mol. The first kappa shape index (κ1) is 11.8. The summed E-state index contributed by atoms with van der Waals surface area (Å²) in [6.45, 7) is 0.118. The first-order chi connectivity index (χ1) is 7.99. The van der Waals surface area contributed by atoms with Crippen molar-refractivity contribution in [3.05, 3.63) is 30.1 Å². The molecule has 0 bridgehead atoms. The summed E-state index contributed by atoms with van der Waals surface area (Å²) in [5.74, 6) is -1.23. The van der Waals surface area contributed by atoms with Gasteiger partial charge in [0.1, 0.15) is 16.8 Å². The van der Waals surface area contributed by atoms with Crippen molar-refractivity contribution in [1.82, 2.24) is 5.32 Å². The molecule has 1 aliphatic rings. The third kappa shape index (κ3) is 2.55. The van der Waals surface area contributed by atoms with Crippen LogP contribution in [0, 0.1) is 5.82 Å². The summed E-state index contributed by atoms with van der Waals surface area (Å²) < 4.78 is 41.8. The third-order valence-electron chi connectivity index (χ3n) is 2.32. The zero-order chi connectivity index (χ0) is 12.5. The number of nitrogens with one attached hydrogen (secondary N) is 1. The van der Waals surface area contributed by atoms with Gasteiger partial charge in [0.2, 0.25) is 0 Å². The molecule has 5 nitrogen and oxygen atoms in total. The highest BCUT2D eigenvalue weighted by Crippen LogP contribution is 2.17. The monoisotopic (exact) mass is 259 g/mol. The van der Waals surface area contributed by atoms with E-state index in [0.29, 0.717) is 0 Å². The molecule has 1 atom stereocenters. The molecule has 7 heteroatoms. The standard InChI is InChI=1S/C10H10FNO4S/c11-8-3-1-2-4-9(8)17(14,15)6-7-5-12-10(13)16-7/h1-4,7H,5-6H2,(H,12,13). The molecule has 0 aromatic heterocycles. The lowest BCUT2D eigenvalue weighted by Crippen LogP contribution is -2.25. The maximum absolute atomic E-state index is 13.3. The Kier molecular flexibility index (Phi) is 3.01. The molecule has 1 unspecified atom stereocenters. The fraction of sp³-hybridized carbons (Fsp3) is 0.300. The van der Waals surface area contributed by atoms with Crippen molar-refractivity contribution in [1.29, 1.82) is 0 Å². The van der Waals surface area contributed by atoms with Gasteiger partial charge in [-0.05, 0) is 12.1 Å². The van der Waals surface area contributed by atoms with Crippen LogP contribution in [0.15, 0.2) is 29.2 Å². The lowest BCUT2D eigenvalue weighted by molar-refractivity contribution is 0.149. The van der Waals surface area contributed by atoms with E-state index < -0.39 is 33.6 Å². The molecule has 92 valence electrons. The number of hydrogen-bond acceptors (Lipinski definition) is 4. The normalized spacial score (nSPS) is 19.8. The molecule has 1 N–H and O–H groups in total. The quantitative estimate of drug-likeness (QED) is 0.867. The second-order valence-corrected chi connectivity index (χ2v) is 5.62. The minimum absolute atomic E-state index is 0.118. The molecule has 1 saturated heterocycles. The Hall–Kier alpha value is -1.63. The molecule has 1 aromatic carbocycles. The minimum Gasteiger partial charge on any atom is -0.443 e. The highest BCUT2D eigenvalue weighted by Gasteiger charge is 2.30. The Labute approximate surface area is 97.5 Å². The number of sulfone groups is 1. The second-order valence-electron chi connectivity index (χ2n) is 3.62. The number of carbonyl (C=O) groups is 1. The van der Waals surface area contributed by atoms with Crippen molar-refractivity contribution in [2.24, 2.45) is 0 Å². The van der Waals surface area contributed by atoms with Gasteiger partial charge in [-0.15, -0.1) is 0 Å². The van der Waals surface area contributed by atoms with Gasteiger partial charge in [-0.1, -0.05) is 12.1 Å². The number of cyclic esters (lactones) is 1. The molecule has 0 aliphatic carbocycles. The van der Waals surface area contributed by atoms with Crippen LogP contribution in [0.2, 0.25) is 0 Å². The van der Waals surface area contributed by atoms with E-state index in [2.05, 4.69) is 5.32 Å². The number of amides is 1. The van der Waals surface area contributed by atoms with Crippen LogP contribution in [0.4, 0.5) is 9.18 Å². The van der Waals surface area contributed by atoms with Crippen LogP contribution in [0.5, 0.6) is 0 Å². The minimum atomic E-state index is -3.79. The van der Waals surface area contributed by atoms with Gasteiger partial charge in [-0.25, -0.2) is 17.6 Å². The molecule has 0 spiro atoms. The van der Waals surface area contributed by atoms with Crippen LogP contribution in [0.3, 0.4) is 0 Å². The topological polar surface area (TPSA) is 72.5 Å². The van der Waals surface area contributed by atoms with Crippen LogP contribution in [0.25, 0.3) is 0 Å². The zero-order valence-electron chi connectivity index (χ0n) is 8.72. The van der Waals surface area contributed by atoms with E-state index in [1.807, 2.05) is 0 Å². The van der Waals surface area contributed by atoms with E-state index in [4.69, 9.17) is 4.74 Å². The van der Waals surface area contributed by atoms with Gasteiger partial charge in [0.15, 0.2) is 9.84 Å². The van der Waals surface area contributed by atoms with Crippen molar-refractivity contribution in [3.63, 3.8) is 0 Å². The molecule has 1 aromatic rings. The summed E-state index contributed by atoms with van der Waals surface area (Å²) in [7, 11) is -3.79. The number of rotatable bonds is 3. The molecule has 0 radical (unpaired) electrons. The molecule has 1 fully saturated rings. The van der Waals surface area contributed by atoms with Crippen molar-refractivity contribution in [2.75, 3.05) is 12.3 Å². The molecule has 0 saturated carbocycles. The third-order valence-corrected chi connectivity index (χ3v) is 4.14. The molecule has 17 heavy (non-hydrogen) atoms. The van der Waals surface area contributed by atoms with E-state index in [9.17, 15) is 17.6 Å². The van der Waals surface area contributed by atoms with E-state index >= 15 is 0 Å². The molecule has 1 heterocycles. The van der Waals surface area contributed by atoms with Gasteiger partial charge in [0.05, 0.1) is 12.3 Å². The van der Waals surface area contributed by atoms with E-state index in [-0.39, 0.29) is 11.4 Å². The van der Waals surface area contributed by atoms with Crippen molar-refractivity contribution in [2.45, 2.75) is 11.0 Å². The molecule has 1 amide bonds. The summed E-state index contributed by atoms with van der Waals surface area (Å²) >= 11 is 0. The highest BCUT2D eigenvalue weighted by atomic mass is 32.2. The van der Waals surface area contributed by atoms with Gasteiger partial charge < -0.3 is 10.1 Å². The first-order valence-corrected chi connectivity index (χ1v) is 6.56. The lowest BCUT2D eigenvalue weighted by atomic mass is 10.3. The first-order valence-electron chi connectivity index (χ1n) is 4.91. The van der Waals surface area contributed by atoms with Gasteiger partial charge >= 0.3 is 6.09 Å². The molecule has 1 aliphatic heterocycles. The van der Waals surface area contributed by atoms with Crippen LogP contribution in [0.1, 0.15) is 0 Å². The van der Waals surface area contributed by atoms with Crippen molar-refractivity contribution < 1.29 is 22.3 Å². The fourth-order valence-corrected chi connectivity index (χ4v) is 3.06. The molecule has 2 rings (SSSR count). The van der Waals surface area contributed by atoms with E-state index in [0.717, 1.165) is 6.07 Å². The van der Waals surface area contributed by atoms with Gasteiger partial charge in [0, 0.05) is 0 Å².